The van der Waals surface area contributed by atoms with Crippen LogP contribution in [0.25, 0.3) is 0 Å². The van der Waals surface area contributed by atoms with Crippen molar-refractivity contribution in [3.8, 4) is 0 Å². The SMILES string of the molecule is COCCc1ccc(Cl)c(CN(C(=O)C2CNCCC2OCc2ccc(=O)[nH]c2)C2CC2)c1. The van der Waals surface area contributed by atoms with Gasteiger partial charge in [0.15, 0.2) is 0 Å². The summed E-state index contributed by atoms with van der Waals surface area (Å²) in [7, 11) is 1.69. The zero-order chi connectivity index (χ0) is 23.2. The molecule has 1 aliphatic carbocycles. The second kappa shape index (κ2) is 11.3. The van der Waals surface area contributed by atoms with E-state index in [1.54, 1.807) is 19.4 Å². The van der Waals surface area contributed by atoms with E-state index in [0.29, 0.717) is 31.3 Å². The lowest BCUT2D eigenvalue weighted by atomic mass is 9.93. The Labute approximate surface area is 199 Å². The Balaban J connectivity index is 1.46. The molecule has 7 nitrogen and oxygen atoms in total. The molecule has 2 aromatic rings. The van der Waals surface area contributed by atoms with Gasteiger partial charge in [-0.15, -0.1) is 0 Å². The monoisotopic (exact) mass is 473 g/mol. The Morgan fingerprint density at radius 2 is 2.00 bits per heavy atom. The Hall–Kier alpha value is -2.19. The van der Waals surface area contributed by atoms with Crippen LogP contribution in [0.15, 0.2) is 41.3 Å². The Morgan fingerprint density at radius 3 is 2.73 bits per heavy atom. The van der Waals surface area contributed by atoms with Crippen LogP contribution in [0, 0.1) is 5.92 Å². The van der Waals surface area contributed by atoms with Crippen LogP contribution in [0.5, 0.6) is 0 Å². The summed E-state index contributed by atoms with van der Waals surface area (Å²) in [5.74, 6) is -0.132. The Kier molecular flexibility index (Phi) is 8.20. The van der Waals surface area contributed by atoms with Gasteiger partial charge in [-0.2, -0.15) is 0 Å². The minimum absolute atomic E-state index is 0.120. The second-order valence-corrected chi connectivity index (χ2v) is 9.28. The molecular formula is C25H32ClN3O4. The van der Waals surface area contributed by atoms with Gasteiger partial charge in [-0.1, -0.05) is 23.7 Å². The number of nitrogens with one attached hydrogen (secondary N) is 2. The number of hydrogen-bond donors (Lipinski definition) is 2. The minimum Gasteiger partial charge on any atom is -0.384 e. The number of carbonyl (C=O) groups excluding carboxylic acids is 1. The molecule has 8 heteroatoms. The average molecular weight is 474 g/mol. The first-order valence-corrected chi connectivity index (χ1v) is 12.0. The predicted molar refractivity (Wildman–Crippen MR) is 127 cm³/mol. The van der Waals surface area contributed by atoms with E-state index in [4.69, 9.17) is 21.1 Å². The van der Waals surface area contributed by atoms with Crippen LogP contribution in [0.4, 0.5) is 0 Å². The molecule has 0 spiro atoms. The van der Waals surface area contributed by atoms with E-state index in [-0.39, 0.29) is 29.5 Å². The van der Waals surface area contributed by atoms with E-state index in [0.717, 1.165) is 48.9 Å². The zero-order valence-electron chi connectivity index (χ0n) is 19.0. The number of ether oxygens (including phenoxy) is 2. The predicted octanol–water partition coefficient (Wildman–Crippen LogP) is 2.90. The number of piperidine rings is 1. The fourth-order valence-electron chi connectivity index (χ4n) is 4.31. The first-order chi connectivity index (χ1) is 16.0. The number of benzene rings is 1. The summed E-state index contributed by atoms with van der Waals surface area (Å²) >= 11 is 6.52. The van der Waals surface area contributed by atoms with Gasteiger partial charge in [0.1, 0.15) is 0 Å². The molecule has 4 rings (SSSR count). The molecule has 1 aromatic carbocycles. The van der Waals surface area contributed by atoms with E-state index in [1.807, 2.05) is 17.0 Å². The van der Waals surface area contributed by atoms with Crippen LogP contribution in [0.3, 0.4) is 0 Å². The fourth-order valence-corrected chi connectivity index (χ4v) is 4.49. The van der Waals surface area contributed by atoms with Crippen LogP contribution in [-0.2, 0) is 33.8 Å². The lowest BCUT2D eigenvalue weighted by molar-refractivity contribution is -0.144. The van der Waals surface area contributed by atoms with E-state index in [1.165, 1.54) is 6.07 Å². The van der Waals surface area contributed by atoms with Crippen LogP contribution in [0.2, 0.25) is 5.02 Å². The van der Waals surface area contributed by atoms with Crippen molar-refractivity contribution in [2.24, 2.45) is 5.92 Å². The van der Waals surface area contributed by atoms with Gasteiger partial charge in [0.2, 0.25) is 11.5 Å². The molecule has 2 unspecified atom stereocenters. The third-order valence-corrected chi connectivity index (χ3v) is 6.73. The highest BCUT2D eigenvalue weighted by atomic mass is 35.5. The fraction of sp³-hybridized carbons (Fsp3) is 0.520. The zero-order valence-corrected chi connectivity index (χ0v) is 19.8. The number of aromatic nitrogens is 1. The normalized spacial score (nSPS) is 20.5. The number of nitrogens with zero attached hydrogens (tertiary/aromatic N) is 1. The van der Waals surface area contributed by atoms with Crippen molar-refractivity contribution in [2.75, 3.05) is 26.8 Å². The van der Waals surface area contributed by atoms with E-state index >= 15 is 0 Å². The summed E-state index contributed by atoms with van der Waals surface area (Å²) in [6, 6.07) is 9.52. The number of pyridine rings is 1. The molecule has 0 radical (unpaired) electrons. The first kappa shape index (κ1) is 24.0. The van der Waals surface area contributed by atoms with Crippen LogP contribution >= 0.6 is 11.6 Å². The number of H-pyrrole nitrogens is 1. The maximum Gasteiger partial charge on any atom is 0.247 e. The number of halogens is 1. The van der Waals surface area contributed by atoms with Crippen molar-refractivity contribution in [1.29, 1.82) is 0 Å². The van der Waals surface area contributed by atoms with Crippen LogP contribution in [-0.4, -0.2) is 54.7 Å². The Morgan fingerprint density at radius 1 is 1.18 bits per heavy atom. The van der Waals surface area contributed by atoms with Crippen molar-refractivity contribution in [2.45, 2.75) is 51.0 Å². The van der Waals surface area contributed by atoms with Crippen molar-refractivity contribution in [3.05, 3.63) is 68.6 Å². The van der Waals surface area contributed by atoms with Gasteiger partial charge in [0.05, 0.1) is 25.2 Å². The smallest absolute Gasteiger partial charge is 0.247 e. The van der Waals surface area contributed by atoms with Gasteiger partial charge in [0, 0.05) is 43.5 Å². The summed E-state index contributed by atoms with van der Waals surface area (Å²) < 4.78 is 11.4. The topological polar surface area (TPSA) is 83.7 Å². The van der Waals surface area contributed by atoms with Crippen molar-refractivity contribution >= 4 is 17.5 Å². The molecule has 33 heavy (non-hydrogen) atoms. The molecule has 1 saturated carbocycles. The number of methoxy groups -OCH3 is 1. The van der Waals surface area contributed by atoms with Crippen LogP contribution < -0.4 is 10.9 Å². The molecule has 0 bridgehead atoms. The largest absolute Gasteiger partial charge is 0.384 e. The molecule has 1 amide bonds. The molecule has 2 N–H and O–H groups in total. The van der Waals surface area contributed by atoms with Gasteiger partial charge in [-0.05, 0) is 61.1 Å². The summed E-state index contributed by atoms with van der Waals surface area (Å²) in [5.41, 5.74) is 2.87. The summed E-state index contributed by atoms with van der Waals surface area (Å²) in [6.45, 7) is 2.93. The molecule has 178 valence electrons. The number of carbonyl (C=O) groups is 1. The van der Waals surface area contributed by atoms with Gasteiger partial charge in [-0.25, -0.2) is 0 Å². The quantitative estimate of drug-likeness (QED) is 0.554. The molecule has 1 aromatic heterocycles. The van der Waals surface area contributed by atoms with Gasteiger partial charge in [0.25, 0.3) is 0 Å². The molecule has 2 atom stereocenters. The summed E-state index contributed by atoms with van der Waals surface area (Å²) in [6.07, 6.45) is 5.12. The van der Waals surface area contributed by atoms with Crippen molar-refractivity contribution in [3.63, 3.8) is 0 Å². The lowest BCUT2D eigenvalue weighted by Crippen LogP contribution is -2.50. The highest BCUT2D eigenvalue weighted by Gasteiger charge is 2.40. The second-order valence-electron chi connectivity index (χ2n) is 8.88. The van der Waals surface area contributed by atoms with Gasteiger partial charge >= 0.3 is 0 Å². The Bertz CT molecular complexity index is 987. The minimum atomic E-state index is -0.252. The molecule has 1 saturated heterocycles. The van der Waals surface area contributed by atoms with Gasteiger partial charge in [-0.3, -0.25) is 9.59 Å². The average Bonchev–Trinajstić information content (AvgIpc) is 3.67. The highest BCUT2D eigenvalue weighted by molar-refractivity contribution is 6.31. The molecule has 2 fully saturated rings. The summed E-state index contributed by atoms with van der Waals surface area (Å²) in [5, 5.41) is 4.04. The van der Waals surface area contributed by atoms with E-state index < -0.39 is 0 Å². The van der Waals surface area contributed by atoms with E-state index in [9.17, 15) is 9.59 Å². The number of rotatable bonds is 10. The first-order valence-electron chi connectivity index (χ1n) is 11.6. The standard InChI is InChI=1S/C25H32ClN3O4/c1-32-11-9-17-2-6-22(26)19(12-17)15-29(20-4-5-20)25(31)21-14-27-10-8-23(21)33-16-18-3-7-24(30)28-13-18/h2-3,6-7,12-13,20-21,23,27H,4-5,8-11,14-16H2,1H3,(H,28,30). The molecule has 1 aliphatic heterocycles. The molecule has 2 heterocycles. The molecular weight excluding hydrogens is 442 g/mol. The molecule has 2 aliphatic rings. The van der Waals surface area contributed by atoms with Crippen LogP contribution in [0.1, 0.15) is 36.0 Å². The third kappa shape index (κ3) is 6.44. The maximum absolute atomic E-state index is 13.7. The van der Waals surface area contributed by atoms with Crippen molar-refractivity contribution in [1.82, 2.24) is 15.2 Å². The highest BCUT2D eigenvalue weighted by Crippen LogP contribution is 2.33. The maximum atomic E-state index is 13.7. The number of amides is 1. The number of hydrogen-bond acceptors (Lipinski definition) is 5. The van der Waals surface area contributed by atoms with Gasteiger partial charge < -0.3 is 24.7 Å². The third-order valence-electron chi connectivity index (χ3n) is 6.36. The lowest BCUT2D eigenvalue weighted by Gasteiger charge is -2.35. The number of aromatic amines is 1. The summed E-state index contributed by atoms with van der Waals surface area (Å²) in [4.78, 5) is 29.7. The van der Waals surface area contributed by atoms with E-state index in [2.05, 4.69) is 16.4 Å². The van der Waals surface area contributed by atoms with Crippen molar-refractivity contribution < 1.29 is 14.3 Å².